The second-order valence-corrected chi connectivity index (χ2v) is 5.65. The van der Waals surface area contributed by atoms with Crippen LogP contribution in [0.1, 0.15) is 17.0 Å². The van der Waals surface area contributed by atoms with Crippen LogP contribution in [-0.2, 0) is 13.0 Å². The van der Waals surface area contributed by atoms with Crippen molar-refractivity contribution in [2.45, 2.75) is 19.9 Å². The van der Waals surface area contributed by atoms with Gasteiger partial charge in [-0.05, 0) is 30.2 Å². The summed E-state index contributed by atoms with van der Waals surface area (Å²) in [4.78, 5) is 0. The number of aryl methyl sites for hydroxylation is 1. The fourth-order valence-corrected chi connectivity index (χ4v) is 2.90. The highest BCUT2D eigenvalue weighted by Gasteiger charge is 2.16. The molecule has 3 N–H and O–H groups in total. The molecule has 4 heteroatoms. The van der Waals surface area contributed by atoms with Gasteiger partial charge in [-0.2, -0.15) is 5.10 Å². The van der Waals surface area contributed by atoms with Crippen LogP contribution in [-0.4, -0.2) is 21.5 Å². The lowest BCUT2D eigenvalue weighted by molar-refractivity contribution is 0.296. The predicted octanol–water partition coefficient (Wildman–Crippen LogP) is 3.02. The Morgan fingerprint density at radius 2 is 1.74 bits per heavy atom. The van der Waals surface area contributed by atoms with Crippen molar-refractivity contribution in [3.63, 3.8) is 0 Å². The molecule has 0 saturated heterocycles. The number of aromatic nitrogens is 2. The van der Waals surface area contributed by atoms with Crippen LogP contribution in [0.4, 0.5) is 5.69 Å². The molecule has 3 aromatic rings. The van der Waals surface area contributed by atoms with Gasteiger partial charge >= 0.3 is 0 Å². The maximum atomic E-state index is 9.47. The lowest BCUT2D eigenvalue weighted by atomic mass is 10.0. The number of hydrogen-bond acceptors (Lipinski definition) is 3. The summed E-state index contributed by atoms with van der Waals surface area (Å²) in [6.07, 6.45) is 0.577. The van der Waals surface area contributed by atoms with E-state index >= 15 is 0 Å². The van der Waals surface area contributed by atoms with Crippen molar-refractivity contribution in [1.29, 1.82) is 0 Å². The van der Waals surface area contributed by atoms with Crippen LogP contribution in [0, 0.1) is 6.92 Å². The molecular weight excluding hydrogens is 286 g/mol. The minimum Gasteiger partial charge on any atom is -0.399 e. The first-order valence-electron chi connectivity index (χ1n) is 7.76. The van der Waals surface area contributed by atoms with Crippen LogP contribution in [0.2, 0.25) is 0 Å². The molecule has 2 aromatic carbocycles. The number of nitrogens with zero attached hydrogens (tertiary/aromatic N) is 2. The number of rotatable bonds is 5. The average Bonchev–Trinajstić information content (AvgIpc) is 2.85. The van der Waals surface area contributed by atoms with Crippen molar-refractivity contribution < 1.29 is 5.11 Å². The van der Waals surface area contributed by atoms with E-state index in [-0.39, 0.29) is 6.61 Å². The molecule has 0 atom stereocenters. The molecule has 0 aliphatic heterocycles. The SMILES string of the molecule is Cc1nn(Cc2ccccc2)c(CCO)c1-c1ccc(N)cc1. The molecule has 0 spiro atoms. The number of nitrogens with two attached hydrogens (primary N) is 1. The topological polar surface area (TPSA) is 64.1 Å². The van der Waals surface area contributed by atoms with E-state index in [0.717, 1.165) is 28.2 Å². The maximum absolute atomic E-state index is 9.47. The van der Waals surface area contributed by atoms with Crippen molar-refractivity contribution in [2.24, 2.45) is 0 Å². The summed E-state index contributed by atoms with van der Waals surface area (Å²) in [5, 5.41) is 14.2. The Bertz CT molecular complexity index is 776. The minimum absolute atomic E-state index is 0.0991. The van der Waals surface area contributed by atoms with Gasteiger partial charge < -0.3 is 10.8 Å². The zero-order valence-corrected chi connectivity index (χ0v) is 13.2. The Morgan fingerprint density at radius 1 is 1.04 bits per heavy atom. The van der Waals surface area contributed by atoms with Gasteiger partial charge in [0.25, 0.3) is 0 Å². The highest BCUT2D eigenvalue weighted by molar-refractivity contribution is 5.70. The molecule has 23 heavy (non-hydrogen) atoms. The Labute approximate surface area is 136 Å². The van der Waals surface area contributed by atoms with E-state index in [4.69, 9.17) is 10.8 Å². The van der Waals surface area contributed by atoms with Gasteiger partial charge in [0.05, 0.1) is 12.2 Å². The molecule has 118 valence electrons. The number of benzene rings is 2. The molecule has 1 aromatic heterocycles. The molecule has 0 aliphatic carbocycles. The van der Waals surface area contributed by atoms with Gasteiger partial charge in [0.15, 0.2) is 0 Å². The number of nitrogen functional groups attached to an aromatic ring is 1. The fraction of sp³-hybridized carbons (Fsp3) is 0.211. The highest BCUT2D eigenvalue weighted by atomic mass is 16.3. The monoisotopic (exact) mass is 307 g/mol. The maximum Gasteiger partial charge on any atom is 0.0675 e. The minimum atomic E-state index is 0.0991. The van der Waals surface area contributed by atoms with Crippen LogP contribution >= 0.6 is 0 Å². The second-order valence-electron chi connectivity index (χ2n) is 5.65. The van der Waals surface area contributed by atoms with Crippen LogP contribution in [0.3, 0.4) is 0 Å². The van der Waals surface area contributed by atoms with E-state index in [9.17, 15) is 5.11 Å². The van der Waals surface area contributed by atoms with E-state index in [1.165, 1.54) is 5.56 Å². The van der Waals surface area contributed by atoms with Crippen molar-refractivity contribution >= 4 is 5.69 Å². The van der Waals surface area contributed by atoms with Crippen molar-refractivity contribution in [2.75, 3.05) is 12.3 Å². The largest absolute Gasteiger partial charge is 0.399 e. The predicted molar refractivity (Wildman–Crippen MR) is 93.1 cm³/mol. The quantitative estimate of drug-likeness (QED) is 0.712. The summed E-state index contributed by atoms with van der Waals surface area (Å²) in [6, 6.07) is 18.0. The van der Waals surface area contributed by atoms with E-state index in [0.29, 0.717) is 13.0 Å². The highest BCUT2D eigenvalue weighted by Crippen LogP contribution is 2.29. The van der Waals surface area contributed by atoms with E-state index in [1.54, 1.807) is 0 Å². The molecule has 0 radical (unpaired) electrons. The lowest BCUT2D eigenvalue weighted by Crippen LogP contribution is -2.08. The van der Waals surface area contributed by atoms with Gasteiger partial charge in [0.2, 0.25) is 0 Å². The molecular formula is C19H21N3O. The van der Waals surface area contributed by atoms with Crippen LogP contribution in [0.25, 0.3) is 11.1 Å². The van der Waals surface area contributed by atoms with Gasteiger partial charge in [0, 0.05) is 30.0 Å². The lowest BCUT2D eigenvalue weighted by Gasteiger charge is -2.09. The van der Waals surface area contributed by atoms with Crippen molar-refractivity contribution in [1.82, 2.24) is 9.78 Å². The summed E-state index contributed by atoms with van der Waals surface area (Å²) in [6.45, 7) is 2.81. The van der Waals surface area contributed by atoms with Crippen LogP contribution < -0.4 is 5.73 Å². The van der Waals surface area contributed by atoms with Gasteiger partial charge in [-0.15, -0.1) is 0 Å². The first-order chi connectivity index (χ1) is 11.2. The summed E-state index contributed by atoms with van der Waals surface area (Å²) >= 11 is 0. The summed E-state index contributed by atoms with van der Waals surface area (Å²) in [5.74, 6) is 0. The summed E-state index contributed by atoms with van der Waals surface area (Å²) in [7, 11) is 0. The molecule has 3 rings (SSSR count). The van der Waals surface area contributed by atoms with Crippen LogP contribution in [0.5, 0.6) is 0 Å². The van der Waals surface area contributed by atoms with Gasteiger partial charge in [-0.3, -0.25) is 4.68 Å². The van der Waals surface area contributed by atoms with Gasteiger partial charge in [-0.1, -0.05) is 42.5 Å². The zero-order valence-electron chi connectivity index (χ0n) is 13.2. The van der Waals surface area contributed by atoms with E-state index in [2.05, 4.69) is 12.1 Å². The fourth-order valence-electron chi connectivity index (χ4n) is 2.90. The Kier molecular flexibility index (Phi) is 4.44. The summed E-state index contributed by atoms with van der Waals surface area (Å²) in [5.41, 5.74) is 11.9. The Hall–Kier alpha value is -2.59. The van der Waals surface area contributed by atoms with E-state index < -0.39 is 0 Å². The zero-order chi connectivity index (χ0) is 16.2. The Balaban J connectivity index is 2.04. The molecule has 0 saturated carbocycles. The molecule has 0 fully saturated rings. The first-order valence-corrected chi connectivity index (χ1v) is 7.76. The molecule has 1 heterocycles. The Morgan fingerprint density at radius 3 is 2.39 bits per heavy atom. The molecule has 0 unspecified atom stereocenters. The number of aliphatic hydroxyl groups is 1. The number of hydrogen-bond donors (Lipinski definition) is 2. The molecule has 0 bridgehead atoms. The average molecular weight is 307 g/mol. The third kappa shape index (κ3) is 3.27. The first kappa shape index (κ1) is 15.3. The number of anilines is 1. The number of aliphatic hydroxyl groups excluding tert-OH is 1. The smallest absolute Gasteiger partial charge is 0.0675 e. The van der Waals surface area contributed by atoms with Crippen LogP contribution in [0.15, 0.2) is 54.6 Å². The van der Waals surface area contributed by atoms with Crippen molar-refractivity contribution in [3.05, 3.63) is 71.5 Å². The molecule has 0 aliphatic rings. The normalized spacial score (nSPS) is 10.9. The van der Waals surface area contributed by atoms with E-state index in [1.807, 2.05) is 54.1 Å². The standard InChI is InChI=1S/C19H21N3O/c1-14-19(16-7-9-17(20)10-8-16)18(11-12-23)22(21-14)13-15-5-3-2-4-6-15/h2-10,23H,11-13,20H2,1H3. The third-order valence-electron chi connectivity index (χ3n) is 3.96. The van der Waals surface area contributed by atoms with Crippen molar-refractivity contribution in [3.8, 4) is 11.1 Å². The second kappa shape index (κ2) is 6.67. The molecule has 0 amide bonds. The third-order valence-corrected chi connectivity index (χ3v) is 3.96. The summed E-state index contributed by atoms with van der Waals surface area (Å²) < 4.78 is 1.99. The van der Waals surface area contributed by atoms with Gasteiger partial charge in [-0.25, -0.2) is 0 Å². The van der Waals surface area contributed by atoms with Gasteiger partial charge in [0.1, 0.15) is 0 Å². The molecule has 4 nitrogen and oxygen atoms in total.